The highest BCUT2D eigenvalue weighted by atomic mass is 16.2. The molecule has 4 heteroatoms. The van der Waals surface area contributed by atoms with E-state index in [-0.39, 0.29) is 12.5 Å². The van der Waals surface area contributed by atoms with Crippen molar-refractivity contribution in [2.45, 2.75) is 31.7 Å². The molecule has 1 aliphatic rings. The van der Waals surface area contributed by atoms with Crippen molar-refractivity contribution in [2.75, 3.05) is 13.7 Å². The van der Waals surface area contributed by atoms with Crippen LogP contribution in [0.25, 0.3) is 0 Å². The summed E-state index contributed by atoms with van der Waals surface area (Å²) in [7, 11) is 1.85. The molecule has 1 fully saturated rings. The summed E-state index contributed by atoms with van der Waals surface area (Å²) in [6.45, 7) is -0.175. The lowest BCUT2D eigenvalue weighted by molar-refractivity contribution is 0.0729. The maximum absolute atomic E-state index is 12.2. The standard InChI is InChI=1S/C15H18N2O2/c1-17(13-6-2-3-7-13)15(19)14-9-8-12(11-16-14)5-4-10-18/h8-9,11,13,18H,2-3,6-7,10H2,1H3. The lowest BCUT2D eigenvalue weighted by Gasteiger charge is -2.23. The first-order chi connectivity index (χ1) is 9.22. The molecule has 19 heavy (non-hydrogen) atoms. The van der Waals surface area contributed by atoms with E-state index in [0.29, 0.717) is 17.3 Å². The number of aliphatic hydroxyl groups excluding tert-OH is 1. The van der Waals surface area contributed by atoms with Gasteiger partial charge in [-0.05, 0) is 25.0 Å². The van der Waals surface area contributed by atoms with E-state index in [0.717, 1.165) is 12.8 Å². The first-order valence-corrected chi connectivity index (χ1v) is 6.55. The number of carbonyl (C=O) groups excluding carboxylic acids is 1. The van der Waals surface area contributed by atoms with E-state index >= 15 is 0 Å². The second-order valence-corrected chi connectivity index (χ2v) is 4.75. The quantitative estimate of drug-likeness (QED) is 0.817. The van der Waals surface area contributed by atoms with E-state index < -0.39 is 0 Å². The van der Waals surface area contributed by atoms with Crippen LogP contribution in [0.1, 0.15) is 41.7 Å². The average molecular weight is 258 g/mol. The number of hydrogen-bond donors (Lipinski definition) is 1. The van der Waals surface area contributed by atoms with Gasteiger partial charge < -0.3 is 10.0 Å². The van der Waals surface area contributed by atoms with Crippen molar-refractivity contribution in [3.63, 3.8) is 0 Å². The molecule has 1 saturated carbocycles. The Morgan fingerprint density at radius 1 is 1.47 bits per heavy atom. The number of aliphatic hydroxyl groups is 1. The van der Waals surface area contributed by atoms with Gasteiger partial charge in [-0.25, -0.2) is 4.98 Å². The lowest BCUT2D eigenvalue weighted by Crippen LogP contribution is -2.35. The van der Waals surface area contributed by atoms with Crippen LogP contribution in [0, 0.1) is 11.8 Å². The second-order valence-electron chi connectivity index (χ2n) is 4.75. The number of rotatable bonds is 2. The van der Waals surface area contributed by atoms with Crippen LogP contribution in [0.3, 0.4) is 0 Å². The van der Waals surface area contributed by atoms with Crippen molar-refractivity contribution in [1.82, 2.24) is 9.88 Å². The first kappa shape index (κ1) is 13.6. The molecule has 2 rings (SSSR count). The highest BCUT2D eigenvalue weighted by Gasteiger charge is 2.24. The van der Waals surface area contributed by atoms with Crippen LogP contribution in [-0.4, -0.2) is 40.6 Å². The Morgan fingerprint density at radius 2 is 2.21 bits per heavy atom. The lowest BCUT2D eigenvalue weighted by atomic mass is 10.2. The molecule has 1 aliphatic carbocycles. The Morgan fingerprint density at radius 3 is 2.79 bits per heavy atom. The molecule has 0 bridgehead atoms. The van der Waals surface area contributed by atoms with Crippen molar-refractivity contribution in [3.05, 3.63) is 29.6 Å². The molecule has 0 radical (unpaired) electrons. The maximum atomic E-state index is 12.2. The fraction of sp³-hybridized carbons (Fsp3) is 0.467. The third-order valence-corrected chi connectivity index (χ3v) is 3.49. The molecule has 0 aliphatic heterocycles. The molecule has 1 heterocycles. The zero-order valence-electron chi connectivity index (χ0n) is 11.1. The summed E-state index contributed by atoms with van der Waals surface area (Å²) >= 11 is 0. The molecule has 1 amide bonds. The van der Waals surface area contributed by atoms with Crippen LogP contribution in [0.4, 0.5) is 0 Å². The van der Waals surface area contributed by atoms with Crippen molar-refractivity contribution in [3.8, 4) is 11.8 Å². The highest BCUT2D eigenvalue weighted by molar-refractivity contribution is 5.92. The predicted octanol–water partition coefficient (Wildman–Crippen LogP) is 1.44. The molecule has 0 spiro atoms. The number of nitrogens with zero attached hydrogens (tertiary/aromatic N) is 2. The minimum absolute atomic E-state index is 0.0337. The summed E-state index contributed by atoms with van der Waals surface area (Å²) in [4.78, 5) is 18.2. The SMILES string of the molecule is CN(C(=O)c1ccc(C#CCO)cn1)C1CCCC1. The molecule has 4 nitrogen and oxygen atoms in total. The summed E-state index contributed by atoms with van der Waals surface area (Å²) in [5.41, 5.74) is 1.15. The van der Waals surface area contributed by atoms with Gasteiger partial charge in [-0.2, -0.15) is 0 Å². The molecule has 1 aromatic rings. The fourth-order valence-corrected chi connectivity index (χ4v) is 2.37. The van der Waals surface area contributed by atoms with Gasteiger partial charge in [0.15, 0.2) is 0 Å². The molecular weight excluding hydrogens is 240 g/mol. The Bertz CT molecular complexity index is 493. The Kier molecular flexibility index (Phi) is 4.53. The normalized spacial score (nSPS) is 14.8. The molecule has 0 atom stereocenters. The molecule has 0 unspecified atom stereocenters. The van der Waals surface area contributed by atoms with Gasteiger partial charge in [-0.3, -0.25) is 4.79 Å². The topological polar surface area (TPSA) is 53.4 Å². The Hall–Kier alpha value is -1.86. The summed E-state index contributed by atoms with van der Waals surface area (Å²) in [6.07, 6.45) is 6.14. The average Bonchev–Trinajstić information content (AvgIpc) is 2.98. The van der Waals surface area contributed by atoms with Gasteiger partial charge in [0.25, 0.3) is 5.91 Å². The summed E-state index contributed by atoms with van der Waals surface area (Å²) in [6, 6.07) is 3.80. The summed E-state index contributed by atoms with van der Waals surface area (Å²) in [5, 5.41) is 8.61. The highest BCUT2D eigenvalue weighted by Crippen LogP contribution is 2.23. The minimum Gasteiger partial charge on any atom is -0.384 e. The van der Waals surface area contributed by atoms with Gasteiger partial charge in [0, 0.05) is 24.8 Å². The number of aromatic nitrogens is 1. The van der Waals surface area contributed by atoms with E-state index in [4.69, 9.17) is 5.11 Å². The zero-order valence-corrected chi connectivity index (χ0v) is 11.1. The smallest absolute Gasteiger partial charge is 0.272 e. The van der Waals surface area contributed by atoms with Crippen LogP contribution in [-0.2, 0) is 0 Å². The molecule has 0 saturated heterocycles. The number of amides is 1. The summed E-state index contributed by atoms with van der Waals surface area (Å²) < 4.78 is 0. The predicted molar refractivity (Wildman–Crippen MR) is 72.6 cm³/mol. The third-order valence-electron chi connectivity index (χ3n) is 3.49. The largest absolute Gasteiger partial charge is 0.384 e. The molecule has 100 valence electrons. The van der Waals surface area contributed by atoms with E-state index in [1.54, 1.807) is 23.2 Å². The van der Waals surface area contributed by atoms with Crippen LogP contribution in [0.15, 0.2) is 18.3 Å². The van der Waals surface area contributed by atoms with Gasteiger partial charge in [-0.15, -0.1) is 0 Å². The molecule has 0 aromatic carbocycles. The molecular formula is C15H18N2O2. The first-order valence-electron chi connectivity index (χ1n) is 6.55. The second kappa shape index (κ2) is 6.35. The maximum Gasteiger partial charge on any atom is 0.272 e. The third kappa shape index (κ3) is 3.33. The van der Waals surface area contributed by atoms with E-state index in [2.05, 4.69) is 16.8 Å². The minimum atomic E-state index is -0.175. The monoisotopic (exact) mass is 258 g/mol. The molecule has 1 N–H and O–H groups in total. The van der Waals surface area contributed by atoms with Crippen molar-refractivity contribution in [2.24, 2.45) is 0 Å². The van der Waals surface area contributed by atoms with Gasteiger partial charge in [0.1, 0.15) is 12.3 Å². The zero-order chi connectivity index (χ0) is 13.7. The van der Waals surface area contributed by atoms with Crippen LogP contribution in [0.5, 0.6) is 0 Å². The van der Waals surface area contributed by atoms with Crippen molar-refractivity contribution < 1.29 is 9.90 Å². The van der Waals surface area contributed by atoms with Crippen molar-refractivity contribution >= 4 is 5.91 Å². The van der Waals surface area contributed by atoms with Crippen molar-refractivity contribution in [1.29, 1.82) is 0 Å². The number of pyridine rings is 1. The number of hydrogen-bond acceptors (Lipinski definition) is 3. The fourth-order valence-electron chi connectivity index (χ4n) is 2.37. The Balaban J connectivity index is 2.06. The Labute approximate surface area is 113 Å². The van der Waals surface area contributed by atoms with Gasteiger partial charge in [0.2, 0.25) is 0 Å². The van der Waals surface area contributed by atoms with E-state index in [1.807, 2.05) is 7.05 Å². The van der Waals surface area contributed by atoms with E-state index in [9.17, 15) is 4.79 Å². The van der Waals surface area contributed by atoms with Gasteiger partial charge in [0.05, 0.1) is 0 Å². The van der Waals surface area contributed by atoms with Gasteiger partial charge in [-0.1, -0.05) is 24.7 Å². The summed E-state index contributed by atoms with van der Waals surface area (Å²) in [5.74, 6) is 5.27. The number of carbonyl (C=O) groups is 1. The van der Waals surface area contributed by atoms with Crippen LogP contribution >= 0.6 is 0 Å². The van der Waals surface area contributed by atoms with Gasteiger partial charge >= 0.3 is 0 Å². The van der Waals surface area contributed by atoms with Crippen LogP contribution < -0.4 is 0 Å². The van der Waals surface area contributed by atoms with Crippen LogP contribution in [0.2, 0.25) is 0 Å². The van der Waals surface area contributed by atoms with E-state index in [1.165, 1.54) is 12.8 Å². The molecule has 1 aromatic heterocycles.